The minimum absolute atomic E-state index is 0.738. The van der Waals surface area contributed by atoms with Crippen molar-refractivity contribution in [2.24, 2.45) is 0 Å². The minimum Gasteiger partial charge on any atom is -0.458 e. The van der Waals surface area contributed by atoms with E-state index in [1.54, 1.807) is 0 Å². The molecule has 0 saturated heterocycles. The fraction of sp³-hybridized carbons (Fsp3) is 0. The minimum atomic E-state index is 0.738. The molecule has 56 valence electrons. The van der Waals surface area contributed by atoms with Crippen molar-refractivity contribution in [3.8, 4) is 11.5 Å². The number of ether oxygens (including phenoxy) is 2. The van der Waals surface area contributed by atoms with Gasteiger partial charge in [0.1, 0.15) is 12.5 Å². The van der Waals surface area contributed by atoms with E-state index in [-0.39, 0.29) is 0 Å². The van der Waals surface area contributed by atoms with Crippen LogP contribution < -0.4 is 9.47 Å². The second-order valence-electron chi connectivity index (χ2n) is 2.10. The van der Waals surface area contributed by atoms with E-state index in [1.165, 1.54) is 12.5 Å². The average molecular weight is 213 g/mol. The van der Waals surface area contributed by atoms with Crippen LogP contribution in [0, 0.1) is 0 Å². The largest absolute Gasteiger partial charge is 0.458 e. The lowest BCUT2D eigenvalue weighted by Crippen LogP contribution is -1.95. The van der Waals surface area contributed by atoms with Crippen molar-refractivity contribution >= 4 is 15.9 Å². The lowest BCUT2D eigenvalue weighted by Gasteiger charge is -2.11. The van der Waals surface area contributed by atoms with E-state index in [2.05, 4.69) is 15.9 Å². The molecule has 1 aromatic carbocycles. The Bertz CT molecular complexity index is 307. The highest BCUT2D eigenvalue weighted by Gasteiger charge is 2.06. The first-order valence-electron chi connectivity index (χ1n) is 3.14. The van der Waals surface area contributed by atoms with Gasteiger partial charge in [0.2, 0.25) is 0 Å². The van der Waals surface area contributed by atoms with Crippen LogP contribution in [0.3, 0.4) is 0 Å². The van der Waals surface area contributed by atoms with Crippen LogP contribution in [0.5, 0.6) is 11.5 Å². The molecule has 0 amide bonds. The third kappa shape index (κ3) is 1.24. The Kier molecular flexibility index (Phi) is 1.58. The Balaban J connectivity index is 2.48. The normalized spacial score (nSPS) is 13.2. The summed E-state index contributed by atoms with van der Waals surface area (Å²) in [5.74, 6) is 1.48. The first kappa shape index (κ1) is 6.73. The van der Waals surface area contributed by atoms with E-state index >= 15 is 0 Å². The van der Waals surface area contributed by atoms with E-state index in [4.69, 9.17) is 9.47 Å². The summed E-state index contributed by atoms with van der Waals surface area (Å²) in [7, 11) is 0. The van der Waals surface area contributed by atoms with Crippen LogP contribution in [0.4, 0.5) is 0 Å². The predicted octanol–water partition coefficient (Wildman–Crippen LogP) is 2.69. The van der Waals surface area contributed by atoms with E-state index in [1.807, 2.05) is 18.2 Å². The fourth-order valence-corrected chi connectivity index (χ4v) is 1.21. The number of hydrogen-bond acceptors (Lipinski definition) is 2. The van der Waals surface area contributed by atoms with Crippen molar-refractivity contribution in [3.63, 3.8) is 0 Å². The van der Waals surface area contributed by atoms with Gasteiger partial charge in [-0.2, -0.15) is 0 Å². The van der Waals surface area contributed by atoms with Crippen molar-refractivity contribution in [1.82, 2.24) is 0 Å². The molecule has 0 unspecified atom stereocenters. The number of benzene rings is 1. The van der Waals surface area contributed by atoms with Crippen molar-refractivity contribution in [1.29, 1.82) is 0 Å². The van der Waals surface area contributed by atoms with Gasteiger partial charge in [-0.1, -0.05) is 15.9 Å². The molecule has 2 nitrogen and oxygen atoms in total. The summed E-state index contributed by atoms with van der Waals surface area (Å²) in [6.07, 6.45) is 3.02. The van der Waals surface area contributed by atoms with Crippen molar-refractivity contribution < 1.29 is 9.47 Å². The van der Waals surface area contributed by atoms with Gasteiger partial charge in [0.05, 0.1) is 0 Å². The van der Waals surface area contributed by atoms with Crippen molar-refractivity contribution in [3.05, 3.63) is 35.2 Å². The molecule has 0 spiro atoms. The van der Waals surface area contributed by atoms with Gasteiger partial charge in [0.25, 0.3) is 0 Å². The van der Waals surface area contributed by atoms with Gasteiger partial charge >= 0.3 is 0 Å². The van der Waals surface area contributed by atoms with Gasteiger partial charge in [-0.25, -0.2) is 0 Å². The molecule has 1 heterocycles. The molecule has 0 fully saturated rings. The molecule has 0 saturated carbocycles. The molecule has 1 aliphatic heterocycles. The summed E-state index contributed by atoms with van der Waals surface area (Å²) >= 11 is 3.33. The van der Waals surface area contributed by atoms with Crippen LogP contribution in [-0.2, 0) is 0 Å². The van der Waals surface area contributed by atoms with Gasteiger partial charge in [-0.3, -0.25) is 0 Å². The van der Waals surface area contributed by atoms with E-state index in [0.717, 1.165) is 16.0 Å². The second-order valence-corrected chi connectivity index (χ2v) is 3.01. The fourth-order valence-electron chi connectivity index (χ4n) is 0.874. The van der Waals surface area contributed by atoms with Crippen molar-refractivity contribution in [2.45, 2.75) is 0 Å². The summed E-state index contributed by atoms with van der Waals surface area (Å²) in [6.45, 7) is 0. The predicted molar refractivity (Wildman–Crippen MR) is 44.5 cm³/mol. The Morgan fingerprint density at radius 3 is 2.55 bits per heavy atom. The lowest BCUT2D eigenvalue weighted by atomic mass is 10.3. The van der Waals surface area contributed by atoms with Gasteiger partial charge < -0.3 is 9.47 Å². The average Bonchev–Trinajstić information content (AvgIpc) is 2.04. The topological polar surface area (TPSA) is 18.5 Å². The van der Waals surface area contributed by atoms with Crippen LogP contribution in [0.15, 0.2) is 35.2 Å². The standard InChI is InChI=1S/C8H5BrO2/c9-6-1-2-7-8(5-6)11-4-3-10-7/h1-5H. The Morgan fingerprint density at radius 1 is 1.00 bits per heavy atom. The van der Waals surface area contributed by atoms with Crippen LogP contribution in [0.1, 0.15) is 0 Å². The smallest absolute Gasteiger partial charge is 0.170 e. The number of hydrogen-bond donors (Lipinski definition) is 0. The number of rotatable bonds is 0. The van der Waals surface area contributed by atoms with Gasteiger partial charge in [-0.05, 0) is 18.2 Å². The number of halogens is 1. The molecule has 0 atom stereocenters. The molecule has 2 rings (SSSR count). The zero-order valence-electron chi connectivity index (χ0n) is 5.58. The summed E-state index contributed by atoms with van der Waals surface area (Å²) in [4.78, 5) is 0. The Hall–Kier alpha value is -0.960. The maximum Gasteiger partial charge on any atom is 0.170 e. The Morgan fingerprint density at radius 2 is 1.73 bits per heavy atom. The molecule has 0 N–H and O–H groups in total. The Labute approximate surface area is 72.6 Å². The summed E-state index contributed by atoms with van der Waals surface area (Å²) in [5.41, 5.74) is 0. The highest BCUT2D eigenvalue weighted by Crippen LogP contribution is 2.32. The van der Waals surface area contributed by atoms with Crippen molar-refractivity contribution in [2.75, 3.05) is 0 Å². The van der Waals surface area contributed by atoms with Crippen LogP contribution in [-0.4, -0.2) is 0 Å². The zero-order chi connectivity index (χ0) is 7.68. The molecule has 11 heavy (non-hydrogen) atoms. The molecule has 0 aliphatic carbocycles. The molecule has 1 aliphatic rings. The molecule has 0 bridgehead atoms. The summed E-state index contributed by atoms with van der Waals surface area (Å²) in [6, 6.07) is 5.61. The molecule has 1 aromatic rings. The molecule has 0 aromatic heterocycles. The number of fused-ring (bicyclic) bond motifs is 1. The molecular weight excluding hydrogens is 208 g/mol. The van der Waals surface area contributed by atoms with Crippen LogP contribution in [0.25, 0.3) is 0 Å². The second kappa shape index (κ2) is 2.58. The molecule has 0 radical (unpaired) electrons. The monoisotopic (exact) mass is 212 g/mol. The quantitative estimate of drug-likeness (QED) is 0.659. The molecule has 3 heteroatoms. The van der Waals surface area contributed by atoms with Crippen LogP contribution >= 0.6 is 15.9 Å². The van der Waals surface area contributed by atoms with E-state index in [9.17, 15) is 0 Å². The highest BCUT2D eigenvalue weighted by atomic mass is 79.9. The third-order valence-electron chi connectivity index (χ3n) is 1.35. The SMILES string of the molecule is Brc1ccc2c(c1)OC=CO2. The maximum atomic E-state index is 5.17. The first-order chi connectivity index (χ1) is 5.36. The highest BCUT2D eigenvalue weighted by molar-refractivity contribution is 9.10. The first-order valence-corrected chi connectivity index (χ1v) is 3.93. The zero-order valence-corrected chi connectivity index (χ0v) is 7.17. The maximum absolute atomic E-state index is 5.17. The van der Waals surface area contributed by atoms with Gasteiger partial charge in [0, 0.05) is 4.47 Å². The van der Waals surface area contributed by atoms with E-state index < -0.39 is 0 Å². The molecular formula is C8H5BrO2. The van der Waals surface area contributed by atoms with Crippen LogP contribution in [0.2, 0.25) is 0 Å². The van der Waals surface area contributed by atoms with E-state index in [0.29, 0.717) is 0 Å². The van der Waals surface area contributed by atoms with Gasteiger partial charge in [-0.15, -0.1) is 0 Å². The van der Waals surface area contributed by atoms with Gasteiger partial charge in [0.15, 0.2) is 11.5 Å². The summed E-state index contributed by atoms with van der Waals surface area (Å²) in [5, 5.41) is 0. The summed E-state index contributed by atoms with van der Waals surface area (Å²) < 4.78 is 11.3. The lowest BCUT2D eigenvalue weighted by molar-refractivity contribution is 0.361. The third-order valence-corrected chi connectivity index (χ3v) is 1.84.